The molecule has 1 aromatic heterocycles. The normalized spacial score (nSPS) is 10.6. The van der Waals surface area contributed by atoms with Crippen LogP contribution in [0.15, 0.2) is 40.3 Å². The molecule has 2 nitrogen and oxygen atoms in total. The van der Waals surface area contributed by atoms with Crippen LogP contribution in [-0.2, 0) is 0 Å². The molecule has 0 saturated heterocycles. The molecule has 0 aliphatic rings. The summed E-state index contributed by atoms with van der Waals surface area (Å²) in [4.78, 5) is 12.0. The smallest absolute Gasteiger partial charge is 0.220 e. The number of hydrogen-bond donors (Lipinski definition) is 0. The van der Waals surface area contributed by atoms with Crippen molar-refractivity contribution in [3.05, 3.63) is 46.7 Å². The van der Waals surface area contributed by atoms with Crippen molar-refractivity contribution in [2.75, 3.05) is 0 Å². The molecule has 0 N–H and O–H groups in total. The van der Waals surface area contributed by atoms with Gasteiger partial charge >= 0.3 is 0 Å². The first-order chi connectivity index (χ1) is 8.63. The number of halogens is 1. The first-order valence-corrected chi connectivity index (χ1v) is 6.44. The number of carbonyl (C=O) groups is 1. The van der Waals surface area contributed by atoms with Crippen LogP contribution in [0.3, 0.4) is 0 Å². The molecule has 1 aromatic carbocycles. The summed E-state index contributed by atoms with van der Waals surface area (Å²) >= 11 is 5.90. The topological polar surface area (TPSA) is 30.2 Å². The molecule has 2 rings (SSSR count). The summed E-state index contributed by atoms with van der Waals surface area (Å²) in [5.74, 6) is 0.285. The molecule has 0 bridgehead atoms. The van der Waals surface area contributed by atoms with E-state index in [0.717, 1.165) is 23.8 Å². The second-order valence-electron chi connectivity index (χ2n) is 4.17. The molecule has 0 aliphatic heterocycles. The van der Waals surface area contributed by atoms with E-state index in [1.54, 1.807) is 30.3 Å². The summed E-state index contributed by atoms with van der Waals surface area (Å²) in [5.41, 5.74) is 1.81. The Morgan fingerprint density at radius 1 is 1.28 bits per heavy atom. The van der Waals surface area contributed by atoms with Crippen molar-refractivity contribution in [2.45, 2.75) is 26.7 Å². The molecule has 0 spiro atoms. The zero-order valence-electron chi connectivity index (χ0n) is 10.5. The summed E-state index contributed by atoms with van der Waals surface area (Å²) in [7, 11) is 0. The van der Waals surface area contributed by atoms with Gasteiger partial charge in [-0.3, -0.25) is 4.79 Å². The molecule has 1 heterocycles. The average Bonchev–Trinajstić information content (AvgIpc) is 2.78. The largest absolute Gasteiger partial charge is 0.453 e. The third-order valence-corrected chi connectivity index (χ3v) is 3.20. The molecule has 18 heavy (non-hydrogen) atoms. The van der Waals surface area contributed by atoms with Crippen LogP contribution in [0.25, 0.3) is 11.0 Å². The van der Waals surface area contributed by atoms with Crippen LogP contribution in [0.2, 0.25) is 5.02 Å². The van der Waals surface area contributed by atoms with E-state index in [1.807, 2.05) is 13.8 Å². The fourth-order valence-corrected chi connectivity index (χ4v) is 2.03. The van der Waals surface area contributed by atoms with Gasteiger partial charge in [0, 0.05) is 10.4 Å². The predicted molar refractivity (Wildman–Crippen MR) is 74.2 cm³/mol. The van der Waals surface area contributed by atoms with Crippen LogP contribution in [0.5, 0.6) is 0 Å². The lowest BCUT2D eigenvalue weighted by atomic mass is 10.1. The number of allylic oxidation sites excluding steroid dienone is 2. The van der Waals surface area contributed by atoms with Gasteiger partial charge < -0.3 is 4.42 Å². The molecule has 0 atom stereocenters. The Balaban J connectivity index is 2.36. The van der Waals surface area contributed by atoms with Gasteiger partial charge in [-0.15, -0.1) is 0 Å². The zero-order chi connectivity index (χ0) is 13.1. The van der Waals surface area contributed by atoms with Gasteiger partial charge in [0.15, 0.2) is 5.76 Å². The maximum atomic E-state index is 12.0. The summed E-state index contributed by atoms with van der Waals surface area (Å²) in [5, 5.41) is 1.49. The highest BCUT2D eigenvalue weighted by Crippen LogP contribution is 2.23. The Kier molecular flexibility index (Phi) is 3.87. The van der Waals surface area contributed by atoms with Crippen LogP contribution in [-0.4, -0.2) is 5.78 Å². The summed E-state index contributed by atoms with van der Waals surface area (Å²) in [6.07, 6.45) is 3.43. The number of furan rings is 1. The summed E-state index contributed by atoms with van der Waals surface area (Å²) < 4.78 is 5.52. The van der Waals surface area contributed by atoms with E-state index >= 15 is 0 Å². The lowest BCUT2D eigenvalue weighted by Crippen LogP contribution is -1.93. The van der Waals surface area contributed by atoms with Crippen LogP contribution in [0, 0.1) is 0 Å². The Bertz CT molecular complexity index is 602. The Morgan fingerprint density at radius 2 is 2.00 bits per heavy atom. The van der Waals surface area contributed by atoms with Crippen LogP contribution in [0.4, 0.5) is 0 Å². The quantitative estimate of drug-likeness (QED) is 0.572. The van der Waals surface area contributed by atoms with E-state index in [1.165, 1.54) is 0 Å². The highest BCUT2D eigenvalue weighted by molar-refractivity contribution is 6.31. The molecular formula is C15H15ClO2. The van der Waals surface area contributed by atoms with Crippen molar-refractivity contribution in [2.24, 2.45) is 0 Å². The molecule has 94 valence electrons. The van der Waals surface area contributed by atoms with Gasteiger partial charge in [-0.2, -0.15) is 0 Å². The second-order valence-corrected chi connectivity index (χ2v) is 4.60. The SMILES string of the molecule is CCC(=CC(=O)c1cc2cc(Cl)ccc2o1)CC. The van der Waals surface area contributed by atoms with Crippen molar-refractivity contribution >= 4 is 28.4 Å². The number of ketones is 1. The third kappa shape index (κ3) is 2.65. The maximum absolute atomic E-state index is 12.0. The number of fused-ring (bicyclic) bond motifs is 1. The van der Waals surface area contributed by atoms with E-state index < -0.39 is 0 Å². The summed E-state index contributed by atoms with van der Waals surface area (Å²) in [6, 6.07) is 7.06. The number of rotatable bonds is 4. The Hall–Kier alpha value is -1.54. The molecule has 0 radical (unpaired) electrons. The van der Waals surface area contributed by atoms with Gasteiger partial charge in [-0.1, -0.05) is 31.0 Å². The molecule has 0 unspecified atom stereocenters. The fraction of sp³-hybridized carbons (Fsp3) is 0.267. The van der Waals surface area contributed by atoms with Crippen molar-refractivity contribution in [3.8, 4) is 0 Å². The minimum atomic E-state index is -0.0824. The summed E-state index contributed by atoms with van der Waals surface area (Å²) in [6.45, 7) is 4.09. The third-order valence-electron chi connectivity index (χ3n) is 2.96. The Labute approximate surface area is 111 Å². The van der Waals surface area contributed by atoms with Crippen molar-refractivity contribution < 1.29 is 9.21 Å². The number of benzene rings is 1. The van der Waals surface area contributed by atoms with Gasteiger partial charge in [0.05, 0.1) is 0 Å². The molecule has 2 aromatic rings. The minimum absolute atomic E-state index is 0.0824. The van der Waals surface area contributed by atoms with Gasteiger partial charge in [-0.05, 0) is 43.2 Å². The number of hydrogen-bond acceptors (Lipinski definition) is 2. The van der Waals surface area contributed by atoms with E-state index in [2.05, 4.69) is 0 Å². The first kappa shape index (κ1) is 12.9. The molecule has 0 fully saturated rings. The van der Waals surface area contributed by atoms with E-state index in [-0.39, 0.29) is 5.78 Å². The van der Waals surface area contributed by atoms with E-state index in [4.69, 9.17) is 16.0 Å². The monoisotopic (exact) mass is 262 g/mol. The molecule has 0 saturated carbocycles. The average molecular weight is 263 g/mol. The van der Waals surface area contributed by atoms with Crippen LogP contribution in [0.1, 0.15) is 37.2 Å². The predicted octanol–water partition coefficient (Wildman–Crippen LogP) is 5.02. The van der Waals surface area contributed by atoms with E-state index in [9.17, 15) is 4.79 Å². The Morgan fingerprint density at radius 3 is 2.67 bits per heavy atom. The second kappa shape index (κ2) is 5.40. The highest BCUT2D eigenvalue weighted by Gasteiger charge is 2.10. The van der Waals surface area contributed by atoms with Crippen molar-refractivity contribution in [1.29, 1.82) is 0 Å². The standard InChI is InChI=1S/C15H15ClO2/c1-3-10(4-2)7-13(17)15-9-11-8-12(16)5-6-14(11)18-15/h5-9H,3-4H2,1-2H3. The molecule has 0 amide bonds. The van der Waals surface area contributed by atoms with Crippen molar-refractivity contribution in [3.63, 3.8) is 0 Å². The minimum Gasteiger partial charge on any atom is -0.453 e. The zero-order valence-corrected chi connectivity index (χ0v) is 11.3. The first-order valence-electron chi connectivity index (χ1n) is 6.07. The molecule has 3 heteroatoms. The molecular weight excluding hydrogens is 248 g/mol. The lowest BCUT2D eigenvalue weighted by molar-refractivity contribution is 0.102. The number of carbonyl (C=O) groups excluding carboxylic acids is 1. The molecule has 0 aliphatic carbocycles. The van der Waals surface area contributed by atoms with Crippen molar-refractivity contribution in [1.82, 2.24) is 0 Å². The van der Waals surface area contributed by atoms with Gasteiger partial charge in [0.1, 0.15) is 5.58 Å². The van der Waals surface area contributed by atoms with Gasteiger partial charge in [0.2, 0.25) is 5.78 Å². The lowest BCUT2D eigenvalue weighted by Gasteiger charge is -1.97. The maximum Gasteiger partial charge on any atom is 0.220 e. The van der Waals surface area contributed by atoms with Gasteiger partial charge in [0.25, 0.3) is 0 Å². The van der Waals surface area contributed by atoms with E-state index in [0.29, 0.717) is 16.4 Å². The fourth-order valence-electron chi connectivity index (χ4n) is 1.85. The van der Waals surface area contributed by atoms with Gasteiger partial charge in [-0.25, -0.2) is 0 Å². The highest BCUT2D eigenvalue weighted by atomic mass is 35.5. The van der Waals surface area contributed by atoms with Crippen LogP contribution >= 0.6 is 11.6 Å². The van der Waals surface area contributed by atoms with Crippen LogP contribution < -0.4 is 0 Å².